The number of nitriles is 1. The molecule has 7 nitrogen and oxygen atoms in total. The lowest BCUT2D eigenvalue weighted by atomic mass is 9.82. The van der Waals surface area contributed by atoms with E-state index >= 15 is 0 Å². The summed E-state index contributed by atoms with van der Waals surface area (Å²) in [5.41, 5.74) is 1.21. The third-order valence-electron chi connectivity index (χ3n) is 9.01. The summed E-state index contributed by atoms with van der Waals surface area (Å²) in [4.78, 5) is 26.2. The number of aliphatic hydroxyl groups is 2. The van der Waals surface area contributed by atoms with E-state index in [4.69, 9.17) is 9.47 Å². The topological polar surface area (TPSA) is 117 Å². The lowest BCUT2D eigenvalue weighted by Gasteiger charge is -2.29. The molecule has 7 heteroatoms. The maximum absolute atomic E-state index is 13.1. The van der Waals surface area contributed by atoms with E-state index in [1.807, 2.05) is 50.3 Å². The van der Waals surface area contributed by atoms with Crippen molar-refractivity contribution >= 4 is 11.9 Å². The molecule has 0 aromatic heterocycles. The SMILES string of the molecule is C[C@@H]1C[C@H](C)C[C@H](C)[C@@H](O)CC(=O)O[C@H]([C@@H]2CCC[C@H]2C(=O)OCc2ccccc2)C/C=C/C=C(/C#N)[C@H](O)[C@@H](C)C1. The largest absolute Gasteiger partial charge is 0.462 e. The Morgan fingerprint density at radius 3 is 2.40 bits per heavy atom. The van der Waals surface area contributed by atoms with Crippen molar-refractivity contribution in [3.63, 3.8) is 0 Å². The minimum atomic E-state index is -0.871. The number of allylic oxidation sites excluding steroid dienone is 2. The van der Waals surface area contributed by atoms with Crippen LogP contribution < -0.4 is 0 Å². The first-order valence-electron chi connectivity index (χ1n) is 15.6. The molecule has 0 bridgehead atoms. The van der Waals surface area contributed by atoms with E-state index in [-0.39, 0.29) is 36.8 Å². The monoisotopic (exact) mass is 579 g/mol. The van der Waals surface area contributed by atoms with Crippen molar-refractivity contribution in [2.45, 2.75) is 104 Å². The summed E-state index contributed by atoms with van der Waals surface area (Å²) in [5.74, 6) is -0.869. The lowest BCUT2D eigenvalue weighted by molar-refractivity contribution is -0.161. The molecule has 0 saturated heterocycles. The highest BCUT2D eigenvalue weighted by atomic mass is 16.5. The summed E-state index contributed by atoms with van der Waals surface area (Å²) in [7, 11) is 0. The van der Waals surface area contributed by atoms with Crippen LogP contribution in [0.3, 0.4) is 0 Å². The Kier molecular flexibility index (Phi) is 13.3. The smallest absolute Gasteiger partial charge is 0.309 e. The number of rotatable bonds is 4. The molecule has 0 amide bonds. The highest BCUT2D eigenvalue weighted by molar-refractivity contribution is 5.74. The van der Waals surface area contributed by atoms with Gasteiger partial charge < -0.3 is 19.7 Å². The third-order valence-corrected chi connectivity index (χ3v) is 9.01. The van der Waals surface area contributed by atoms with E-state index in [0.717, 1.165) is 37.7 Å². The lowest BCUT2D eigenvalue weighted by Crippen LogP contribution is -2.34. The van der Waals surface area contributed by atoms with Gasteiger partial charge in [-0.05, 0) is 67.4 Å². The number of esters is 2. The van der Waals surface area contributed by atoms with Crippen molar-refractivity contribution in [2.24, 2.45) is 35.5 Å². The first kappa shape index (κ1) is 33.6. The van der Waals surface area contributed by atoms with Crippen molar-refractivity contribution in [1.82, 2.24) is 0 Å². The maximum atomic E-state index is 13.1. The Morgan fingerprint density at radius 1 is 1.02 bits per heavy atom. The second-order valence-electron chi connectivity index (χ2n) is 12.8. The Morgan fingerprint density at radius 2 is 1.71 bits per heavy atom. The normalized spacial score (nSPS) is 35.9. The summed E-state index contributed by atoms with van der Waals surface area (Å²) in [6.07, 6.45) is 7.84. The van der Waals surface area contributed by atoms with Crippen LogP contribution in [0.1, 0.15) is 84.6 Å². The van der Waals surface area contributed by atoms with E-state index < -0.39 is 30.2 Å². The number of cyclic esters (lactones) is 1. The van der Waals surface area contributed by atoms with Gasteiger partial charge in [-0.3, -0.25) is 9.59 Å². The molecule has 1 fully saturated rings. The molecule has 0 unspecified atom stereocenters. The maximum Gasteiger partial charge on any atom is 0.309 e. The fourth-order valence-electron chi connectivity index (χ4n) is 6.79. The van der Waals surface area contributed by atoms with Crippen LogP contribution >= 0.6 is 0 Å². The molecule has 9 atom stereocenters. The molecule has 1 aliphatic heterocycles. The number of aliphatic hydroxyl groups excluding tert-OH is 2. The van der Waals surface area contributed by atoms with Crippen LogP contribution in [0.25, 0.3) is 0 Å². The summed E-state index contributed by atoms with van der Waals surface area (Å²) >= 11 is 0. The predicted molar refractivity (Wildman–Crippen MR) is 162 cm³/mol. The zero-order valence-electron chi connectivity index (χ0n) is 25.7. The second-order valence-corrected chi connectivity index (χ2v) is 12.8. The standard InChI is InChI=1S/C35H49NO6/c1-23-17-24(2)19-26(4)34(39)28(21-36)13-8-9-16-32(42-33(38)20-31(37)25(3)18-23)29-14-10-15-30(29)35(40)41-22-27-11-6-5-7-12-27/h5-9,11-13,23-26,29-32,34,37,39H,10,14-20,22H2,1-4H3/b9-8+,28-13-/t23-,24+,25-,26-,29+,30+,31-,32-,34+/m0/s1. The van der Waals surface area contributed by atoms with E-state index in [1.54, 1.807) is 12.2 Å². The van der Waals surface area contributed by atoms with Crippen LogP contribution in [-0.2, 0) is 25.7 Å². The summed E-state index contributed by atoms with van der Waals surface area (Å²) in [6, 6.07) is 11.7. The molecule has 230 valence electrons. The van der Waals surface area contributed by atoms with Crippen molar-refractivity contribution in [2.75, 3.05) is 0 Å². The van der Waals surface area contributed by atoms with Gasteiger partial charge in [-0.2, -0.15) is 5.26 Å². The van der Waals surface area contributed by atoms with Crippen molar-refractivity contribution in [3.05, 3.63) is 59.7 Å². The quantitative estimate of drug-likeness (QED) is 0.402. The molecule has 3 rings (SSSR count). The minimum Gasteiger partial charge on any atom is -0.462 e. The average Bonchev–Trinajstić information content (AvgIpc) is 3.45. The second kappa shape index (κ2) is 16.6. The van der Waals surface area contributed by atoms with Crippen molar-refractivity contribution in [1.29, 1.82) is 5.26 Å². The molecule has 1 saturated carbocycles. The number of benzene rings is 1. The molecule has 0 radical (unpaired) electrons. The molecule has 1 aliphatic carbocycles. The van der Waals surface area contributed by atoms with Gasteiger partial charge in [-0.1, -0.05) is 76.6 Å². The van der Waals surface area contributed by atoms with Crippen LogP contribution in [0, 0.1) is 46.8 Å². The molecule has 1 aromatic carbocycles. The van der Waals surface area contributed by atoms with E-state index in [0.29, 0.717) is 30.3 Å². The van der Waals surface area contributed by atoms with Crippen molar-refractivity contribution in [3.8, 4) is 6.07 Å². The fourth-order valence-corrected chi connectivity index (χ4v) is 6.79. The van der Waals surface area contributed by atoms with Crippen LogP contribution in [0.4, 0.5) is 0 Å². The van der Waals surface area contributed by atoms with E-state index in [2.05, 4.69) is 19.9 Å². The molecule has 1 heterocycles. The van der Waals surface area contributed by atoms with Gasteiger partial charge >= 0.3 is 11.9 Å². The van der Waals surface area contributed by atoms with Gasteiger partial charge in [0.05, 0.1) is 36.2 Å². The molecular weight excluding hydrogens is 530 g/mol. The molecule has 2 aliphatic rings. The Labute approximate surface area is 251 Å². The Bertz CT molecular complexity index is 1110. The van der Waals surface area contributed by atoms with Gasteiger partial charge in [0.15, 0.2) is 0 Å². The first-order valence-corrected chi connectivity index (χ1v) is 15.6. The summed E-state index contributed by atoms with van der Waals surface area (Å²) < 4.78 is 11.6. The van der Waals surface area contributed by atoms with Gasteiger partial charge in [0.1, 0.15) is 12.7 Å². The van der Waals surface area contributed by atoms with Crippen LogP contribution in [0.15, 0.2) is 54.1 Å². The Hall–Kier alpha value is -2.95. The highest BCUT2D eigenvalue weighted by Gasteiger charge is 2.40. The molecule has 0 spiro atoms. The first-order chi connectivity index (χ1) is 20.1. The van der Waals surface area contributed by atoms with Gasteiger partial charge in [0.2, 0.25) is 0 Å². The minimum absolute atomic E-state index is 0.0803. The van der Waals surface area contributed by atoms with Crippen LogP contribution in [-0.4, -0.2) is 40.5 Å². The van der Waals surface area contributed by atoms with Gasteiger partial charge in [-0.25, -0.2) is 0 Å². The van der Waals surface area contributed by atoms with E-state index in [9.17, 15) is 25.1 Å². The predicted octanol–water partition coefficient (Wildman–Crippen LogP) is 6.29. The van der Waals surface area contributed by atoms with Gasteiger partial charge in [0, 0.05) is 12.3 Å². The van der Waals surface area contributed by atoms with Gasteiger partial charge in [-0.15, -0.1) is 0 Å². The van der Waals surface area contributed by atoms with E-state index in [1.165, 1.54) is 0 Å². The fraction of sp³-hybridized carbons (Fsp3) is 0.629. The molecular formula is C35H49NO6. The van der Waals surface area contributed by atoms with Crippen LogP contribution in [0.2, 0.25) is 0 Å². The number of hydrogen-bond acceptors (Lipinski definition) is 7. The zero-order chi connectivity index (χ0) is 30.6. The summed E-state index contributed by atoms with van der Waals surface area (Å²) in [6.45, 7) is 8.43. The number of carbonyl (C=O) groups is 2. The summed E-state index contributed by atoms with van der Waals surface area (Å²) in [5, 5.41) is 31.5. The molecule has 42 heavy (non-hydrogen) atoms. The number of carbonyl (C=O) groups excluding carboxylic acids is 2. The average molecular weight is 580 g/mol. The number of hydrogen-bond donors (Lipinski definition) is 2. The zero-order valence-corrected chi connectivity index (χ0v) is 25.7. The van der Waals surface area contributed by atoms with Gasteiger partial charge in [0.25, 0.3) is 0 Å². The molecule has 1 aromatic rings. The third kappa shape index (κ3) is 10.1. The van der Waals surface area contributed by atoms with Crippen molar-refractivity contribution < 1.29 is 29.3 Å². The number of ether oxygens (including phenoxy) is 2. The highest BCUT2D eigenvalue weighted by Crippen LogP contribution is 2.38. The Balaban J connectivity index is 1.81. The number of nitrogens with zero attached hydrogens (tertiary/aromatic N) is 1. The molecule has 2 N–H and O–H groups in total. The van der Waals surface area contributed by atoms with Crippen LogP contribution in [0.5, 0.6) is 0 Å².